The minimum Gasteiger partial charge on any atom is -0.481 e. The summed E-state index contributed by atoms with van der Waals surface area (Å²) in [5.41, 5.74) is 11.5. The van der Waals surface area contributed by atoms with E-state index in [0.29, 0.717) is 19.4 Å². The van der Waals surface area contributed by atoms with Gasteiger partial charge in [0, 0.05) is 13.0 Å². The fraction of sp³-hybridized carbons (Fsp3) is 0.745. The number of hydrogen-bond donors (Lipinski definition) is 16. The van der Waals surface area contributed by atoms with E-state index in [1.165, 1.54) is 20.8 Å². The zero-order valence-electron chi connectivity index (χ0n) is 44.2. The van der Waals surface area contributed by atoms with Crippen LogP contribution in [0.2, 0.25) is 0 Å². The van der Waals surface area contributed by atoms with Gasteiger partial charge in [-0.15, -0.1) is 0 Å². The van der Waals surface area contributed by atoms with Crippen LogP contribution in [-0.4, -0.2) is 199 Å². The van der Waals surface area contributed by atoms with Gasteiger partial charge in [0.25, 0.3) is 0 Å². The van der Waals surface area contributed by atoms with Gasteiger partial charge in [-0.2, -0.15) is 0 Å². The van der Waals surface area contributed by atoms with E-state index in [9.17, 15) is 88.2 Å². The molecule has 0 unspecified atom stereocenters. The van der Waals surface area contributed by atoms with Gasteiger partial charge in [0.1, 0.15) is 54.4 Å². The molecule has 432 valence electrons. The third-order valence-corrected chi connectivity index (χ3v) is 12.5. The van der Waals surface area contributed by atoms with Crippen LogP contribution >= 0.6 is 0 Å². The molecule has 0 aromatic heterocycles. The molecule has 0 aliphatic carbocycles. The van der Waals surface area contributed by atoms with Gasteiger partial charge in [-0.3, -0.25) is 52.7 Å². The Kier molecular flexibility index (Phi) is 29.7. The summed E-state index contributed by atoms with van der Waals surface area (Å²) in [5.74, 6) is -15.4. The monoisotopic (exact) mass is 1090 g/mol. The molecular weight excluding hydrogens is 1010 g/mol. The second kappa shape index (κ2) is 33.5. The van der Waals surface area contributed by atoms with Gasteiger partial charge in [-0.05, 0) is 69.7 Å². The lowest BCUT2D eigenvalue weighted by molar-refractivity contribution is -0.146. The molecule has 1 saturated heterocycles. The molecule has 9 amide bonds. The first-order chi connectivity index (χ1) is 35.5. The molecule has 1 fully saturated rings. The van der Waals surface area contributed by atoms with Gasteiger partial charge in [0.05, 0.1) is 31.8 Å². The molecule has 1 aliphatic heterocycles. The number of hydrogen-bond acceptors (Lipinski definition) is 17. The summed E-state index contributed by atoms with van der Waals surface area (Å²) in [6.45, 7) is 9.06. The number of aliphatic hydroxyl groups excluding tert-OH is 3. The van der Waals surface area contributed by atoms with E-state index < -0.39 is 182 Å². The number of unbranched alkanes of at least 4 members (excludes halogenated alkanes) is 1. The van der Waals surface area contributed by atoms with Crippen LogP contribution in [0, 0.1) is 17.8 Å². The molecule has 1 aliphatic rings. The molecule has 29 heteroatoms. The van der Waals surface area contributed by atoms with Crippen molar-refractivity contribution in [1.29, 1.82) is 0 Å². The highest BCUT2D eigenvalue weighted by atomic mass is 16.4. The highest BCUT2D eigenvalue weighted by Crippen LogP contribution is 2.21. The summed E-state index contributed by atoms with van der Waals surface area (Å²) >= 11 is 0. The lowest BCUT2D eigenvalue weighted by Gasteiger charge is -2.31. The van der Waals surface area contributed by atoms with E-state index in [0.717, 1.165) is 4.90 Å². The van der Waals surface area contributed by atoms with Gasteiger partial charge in [-0.25, -0.2) is 4.79 Å². The minimum atomic E-state index is -1.93. The predicted octanol–water partition coefficient (Wildman–Crippen LogP) is -5.15. The van der Waals surface area contributed by atoms with Gasteiger partial charge in [-0.1, -0.05) is 54.4 Å². The van der Waals surface area contributed by atoms with Crippen LogP contribution < -0.4 is 54.0 Å². The van der Waals surface area contributed by atoms with Crippen molar-refractivity contribution in [3.8, 4) is 0 Å². The predicted molar refractivity (Wildman–Crippen MR) is 267 cm³/mol. The van der Waals surface area contributed by atoms with Crippen LogP contribution in [0.15, 0.2) is 0 Å². The number of carbonyl (C=O) groups excluding carboxylic acids is 9. The Morgan fingerprint density at radius 1 is 0.592 bits per heavy atom. The summed E-state index contributed by atoms with van der Waals surface area (Å²) in [5, 5.41) is 77.4. The van der Waals surface area contributed by atoms with Crippen molar-refractivity contribution in [2.45, 2.75) is 179 Å². The Balaban J connectivity index is 3.36. The standard InChI is InChI=1S/C47H81N11O18/c1-8-24(6)36(56-45(73)37(25(7)61)57-38(66)26(49)12-9-10-16-48)44(72)53-30(20-59)41(69)51-28(18-22(2)3)39(67)52-29(19-34(64)65)40(68)55-35(23(4)5)43(71)50-27(14-15-33(62)63)46(74)58-17-11-13-32(58)42(70)54-31(21-60)47(75)76/h22-32,35-37,59-61H,8-21,48-49H2,1-7H3,(H,50,71)(H,51,69)(H,52,67)(H,53,72)(H,54,70)(H,55,68)(H,56,73)(H,57,66)(H,62,63)(H,64,65)(H,75,76)/t24-,25+,26-,27-,28-,29-,30-,31-,32-,35-,36-,37-/m0/s1. The Labute approximate surface area is 440 Å². The largest absolute Gasteiger partial charge is 0.481 e. The molecule has 0 aromatic rings. The second-order valence-electron chi connectivity index (χ2n) is 19.6. The Hall–Kier alpha value is -6.56. The molecule has 0 radical (unpaired) electrons. The maximum atomic E-state index is 13.9. The molecule has 1 heterocycles. The fourth-order valence-corrected chi connectivity index (χ4v) is 7.87. The lowest BCUT2D eigenvalue weighted by atomic mass is 9.97. The molecule has 0 saturated carbocycles. The zero-order valence-corrected chi connectivity index (χ0v) is 44.2. The third-order valence-electron chi connectivity index (χ3n) is 12.5. The highest BCUT2D eigenvalue weighted by Gasteiger charge is 2.41. The first kappa shape index (κ1) is 67.5. The molecule has 29 nitrogen and oxygen atoms in total. The van der Waals surface area contributed by atoms with Crippen LogP contribution in [0.4, 0.5) is 0 Å². The van der Waals surface area contributed by atoms with E-state index in [2.05, 4.69) is 42.5 Å². The number of aliphatic carboxylic acids is 3. The second-order valence-corrected chi connectivity index (χ2v) is 19.6. The van der Waals surface area contributed by atoms with Crippen molar-refractivity contribution in [2.75, 3.05) is 26.3 Å². The van der Waals surface area contributed by atoms with Crippen LogP contribution in [0.3, 0.4) is 0 Å². The first-order valence-electron chi connectivity index (χ1n) is 25.3. The van der Waals surface area contributed by atoms with Gasteiger partial charge < -0.3 is 89.5 Å². The average Bonchev–Trinajstić information content (AvgIpc) is 3.84. The van der Waals surface area contributed by atoms with Gasteiger partial charge in [0.15, 0.2) is 0 Å². The number of likely N-dealkylation sites (tertiary alicyclic amines) is 1. The Morgan fingerprint density at radius 2 is 1.11 bits per heavy atom. The number of nitrogens with two attached hydrogens (primary N) is 2. The van der Waals surface area contributed by atoms with E-state index in [-0.39, 0.29) is 44.6 Å². The number of amides is 9. The van der Waals surface area contributed by atoms with Crippen molar-refractivity contribution < 1.29 is 88.2 Å². The zero-order chi connectivity index (χ0) is 58.1. The summed E-state index contributed by atoms with van der Waals surface area (Å²) in [6, 6.07) is -15.4. The number of nitrogens with zero attached hydrogens (tertiary/aromatic N) is 1. The van der Waals surface area contributed by atoms with Gasteiger partial charge in [0.2, 0.25) is 53.2 Å². The van der Waals surface area contributed by atoms with Crippen LogP contribution in [-0.2, 0) is 57.5 Å². The molecule has 0 aromatic carbocycles. The maximum Gasteiger partial charge on any atom is 0.328 e. The van der Waals surface area contributed by atoms with Crippen molar-refractivity contribution in [3.63, 3.8) is 0 Å². The topological polar surface area (TPSA) is 478 Å². The summed E-state index contributed by atoms with van der Waals surface area (Å²) in [7, 11) is 0. The molecule has 76 heavy (non-hydrogen) atoms. The van der Waals surface area contributed by atoms with Crippen LogP contribution in [0.25, 0.3) is 0 Å². The Morgan fingerprint density at radius 3 is 1.62 bits per heavy atom. The molecule has 12 atom stereocenters. The van der Waals surface area contributed by atoms with E-state index in [1.807, 2.05) is 0 Å². The molecule has 18 N–H and O–H groups in total. The summed E-state index contributed by atoms with van der Waals surface area (Å²) in [6.07, 6.45) is -1.88. The lowest BCUT2D eigenvalue weighted by Crippen LogP contribution is -2.62. The smallest absolute Gasteiger partial charge is 0.328 e. The number of carboxylic acids is 3. The first-order valence-corrected chi connectivity index (χ1v) is 25.3. The van der Waals surface area contributed by atoms with Crippen LogP contribution in [0.5, 0.6) is 0 Å². The van der Waals surface area contributed by atoms with Crippen molar-refractivity contribution >= 4 is 71.1 Å². The average molecular weight is 1090 g/mol. The number of carboxylic acid groups (broad SMARTS) is 3. The quantitative estimate of drug-likeness (QED) is 0.0264. The number of aliphatic hydroxyl groups is 3. The van der Waals surface area contributed by atoms with E-state index >= 15 is 0 Å². The number of nitrogens with one attached hydrogen (secondary N) is 8. The molecule has 0 bridgehead atoms. The van der Waals surface area contributed by atoms with Gasteiger partial charge >= 0.3 is 17.9 Å². The normalized spacial score (nSPS) is 17.7. The van der Waals surface area contributed by atoms with Crippen molar-refractivity contribution in [1.82, 2.24) is 47.4 Å². The van der Waals surface area contributed by atoms with Crippen LogP contribution in [0.1, 0.15) is 113 Å². The SMILES string of the molecule is CC[C@H](C)[C@H](NC(=O)[C@@H](NC(=O)[C@@H](N)CCCCN)[C@@H](C)O)C(=O)N[C@@H](CO)C(=O)N[C@@H](CC(C)C)C(=O)N[C@@H](CC(=O)O)C(=O)N[C@H](C(=O)N[C@@H](CCC(=O)O)C(=O)N1CCC[C@H]1C(=O)N[C@@H](CO)C(=O)O)C(C)C. The summed E-state index contributed by atoms with van der Waals surface area (Å²) < 4.78 is 0. The fourth-order valence-electron chi connectivity index (χ4n) is 7.87. The maximum absolute atomic E-state index is 13.9. The minimum absolute atomic E-state index is 0.0530. The van der Waals surface area contributed by atoms with Crippen molar-refractivity contribution in [3.05, 3.63) is 0 Å². The molecule has 1 rings (SSSR count). The molecule has 0 spiro atoms. The Bertz CT molecular complexity index is 2030. The number of carbonyl (C=O) groups is 12. The third kappa shape index (κ3) is 22.3. The number of rotatable bonds is 35. The van der Waals surface area contributed by atoms with Crippen molar-refractivity contribution in [2.24, 2.45) is 29.2 Å². The highest BCUT2D eigenvalue weighted by molar-refractivity contribution is 5.99. The van der Waals surface area contributed by atoms with E-state index in [1.54, 1.807) is 27.7 Å². The molecular formula is C47H81N11O18. The summed E-state index contributed by atoms with van der Waals surface area (Å²) in [4.78, 5) is 158. The van der Waals surface area contributed by atoms with E-state index in [4.69, 9.17) is 11.5 Å².